The summed E-state index contributed by atoms with van der Waals surface area (Å²) in [7, 11) is 0. The van der Waals surface area contributed by atoms with Crippen molar-refractivity contribution < 1.29 is 0 Å². The summed E-state index contributed by atoms with van der Waals surface area (Å²) >= 11 is 6.09. The molecule has 0 aromatic carbocycles. The topological polar surface area (TPSA) is 46.9 Å². The van der Waals surface area contributed by atoms with Crippen LogP contribution >= 0.6 is 11.6 Å². The molecule has 0 unspecified atom stereocenters. The summed E-state index contributed by atoms with van der Waals surface area (Å²) in [6.45, 7) is 1.58. The molecule has 1 aromatic rings. The minimum absolute atomic E-state index is 0.0706. The second-order valence-corrected chi connectivity index (χ2v) is 6.24. The van der Waals surface area contributed by atoms with Gasteiger partial charge in [0.2, 0.25) is 0 Å². The molecule has 0 saturated heterocycles. The fourth-order valence-electron chi connectivity index (χ4n) is 2.62. The van der Waals surface area contributed by atoms with Gasteiger partial charge in [-0.2, -0.15) is 5.10 Å². The third-order valence-electron chi connectivity index (χ3n) is 4.45. The van der Waals surface area contributed by atoms with Crippen LogP contribution in [0, 0.1) is 11.8 Å². The molecule has 0 spiro atoms. The summed E-state index contributed by atoms with van der Waals surface area (Å²) < 4.78 is 1.57. The molecule has 0 radical (unpaired) electrons. The molecule has 0 bridgehead atoms. The molecule has 104 valence electrons. The minimum atomic E-state index is -0.0706. The van der Waals surface area contributed by atoms with Crippen molar-refractivity contribution in [1.29, 1.82) is 0 Å². The highest BCUT2D eigenvalue weighted by Crippen LogP contribution is 2.28. The molecule has 2 aliphatic rings. The molecule has 4 nitrogen and oxygen atoms in total. The molecule has 0 atom stereocenters. The summed E-state index contributed by atoms with van der Waals surface area (Å²) in [5.41, 5.74) is 0.460. The lowest BCUT2D eigenvalue weighted by Gasteiger charge is -2.27. The zero-order chi connectivity index (χ0) is 13.2. The van der Waals surface area contributed by atoms with Crippen molar-refractivity contribution in [3.8, 4) is 0 Å². The van der Waals surface area contributed by atoms with Gasteiger partial charge in [-0.15, -0.1) is 0 Å². The zero-order valence-corrected chi connectivity index (χ0v) is 11.8. The molecule has 1 heterocycles. The van der Waals surface area contributed by atoms with E-state index in [1.165, 1.54) is 38.5 Å². The highest BCUT2D eigenvalue weighted by molar-refractivity contribution is 6.32. The SMILES string of the molecule is O=c1c(NCC2CCC2)c(Cl)cnn1CC1CCC1. The van der Waals surface area contributed by atoms with Crippen LogP contribution in [0.15, 0.2) is 11.0 Å². The van der Waals surface area contributed by atoms with Crippen molar-refractivity contribution in [2.75, 3.05) is 11.9 Å². The van der Waals surface area contributed by atoms with E-state index in [0.717, 1.165) is 13.1 Å². The lowest BCUT2D eigenvalue weighted by molar-refractivity contribution is 0.262. The maximum atomic E-state index is 12.3. The highest BCUT2D eigenvalue weighted by atomic mass is 35.5. The summed E-state index contributed by atoms with van der Waals surface area (Å²) in [5, 5.41) is 7.82. The van der Waals surface area contributed by atoms with E-state index in [4.69, 9.17) is 11.6 Å². The normalized spacial score (nSPS) is 19.8. The Balaban J connectivity index is 1.72. The molecule has 2 fully saturated rings. The summed E-state index contributed by atoms with van der Waals surface area (Å²) in [6.07, 6.45) is 9.11. The first-order valence-electron chi connectivity index (χ1n) is 7.23. The van der Waals surface area contributed by atoms with E-state index in [9.17, 15) is 4.79 Å². The second kappa shape index (κ2) is 5.53. The van der Waals surface area contributed by atoms with Crippen LogP contribution in [0.4, 0.5) is 5.69 Å². The quantitative estimate of drug-likeness (QED) is 0.903. The molecule has 19 heavy (non-hydrogen) atoms. The van der Waals surface area contributed by atoms with Gasteiger partial charge >= 0.3 is 0 Å². The number of aromatic nitrogens is 2. The minimum Gasteiger partial charge on any atom is -0.379 e. The van der Waals surface area contributed by atoms with Crippen LogP contribution in [0.3, 0.4) is 0 Å². The fraction of sp³-hybridized carbons (Fsp3) is 0.714. The number of hydrogen-bond acceptors (Lipinski definition) is 3. The molecule has 0 amide bonds. The summed E-state index contributed by atoms with van der Waals surface area (Å²) in [4.78, 5) is 12.3. The second-order valence-electron chi connectivity index (χ2n) is 5.83. The molecule has 2 saturated carbocycles. The van der Waals surface area contributed by atoms with E-state index in [-0.39, 0.29) is 5.56 Å². The van der Waals surface area contributed by atoms with Crippen molar-refractivity contribution >= 4 is 17.3 Å². The van der Waals surface area contributed by atoms with Gasteiger partial charge in [0.15, 0.2) is 0 Å². The van der Waals surface area contributed by atoms with E-state index in [1.54, 1.807) is 10.9 Å². The molecular formula is C14H20ClN3O. The molecular weight excluding hydrogens is 262 g/mol. The van der Waals surface area contributed by atoms with E-state index in [2.05, 4.69) is 10.4 Å². The van der Waals surface area contributed by atoms with Crippen LogP contribution in [-0.2, 0) is 6.54 Å². The highest BCUT2D eigenvalue weighted by Gasteiger charge is 2.21. The predicted molar refractivity (Wildman–Crippen MR) is 76.7 cm³/mol. The van der Waals surface area contributed by atoms with E-state index >= 15 is 0 Å². The van der Waals surface area contributed by atoms with Crippen LogP contribution < -0.4 is 10.9 Å². The standard InChI is InChI=1S/C14H20ClN3O/c15-12-8-17-18(9-11-5-2-6-11)14(19)13(12)16-7-10-3-1-4-10/h8,10-11,16H,1-7,9H2. The Hall–Kier alpha value is -1.03. The number of anilines is 1. The summed E-state index contributed by atoms with van der Waals surface area (Å²) in [6, 6.07) is 0. The van der Waals surface area contributed by atoms with Crippen LogP contribution in [0.2, 0.25) is 5.02 Å². The number of nitrogens with one attached hydrogen (secondary N) is 1. The molecule has 1 N–H and O–H groups in total. The average molecular weight is 282 g/mol. The molecule has 1 aromatic heterocycles. The summed E-state index contributed by atoms with van der Waals surface area (Å²) in [5.74, 6) is 1.31. The first-order chi connectivity index (χ1) is 9.24. The maximum Gasteiger partial charge on any atom is 0.291 e. The monoisotopic (exact) mass is 281 g/mol. The molecule has 2 aliphatic carbocycles. The van der Waals surface area contributed by atoms with Gasteiger partial charge in [-0.3, -0.25) is 4.79 Å². The maximum absolute atomic E-state index is 12.3. The first kappa shape index (κ1) is 13.0. The van der Waals surface area contributed by atoms with Crippen LogP contribution in [0.1, 0.15) is 38.5 Å². The number of halogens is 1. The molecule has 0 aliphatic heterocycles. The van der Waals surface area contributed by atoms with Gasteiger partial charge in [-0.25, -0.2) is 4.68 Å². The van der Waals surface area contributed by atoms with Crippen molar-refractivity contribution in [2.45, 2.75) is 45.1 Å². The Morgan fingerprint density at radius 1 is 1.26 bits per heavy atom. The van der Waals surface area contributed by atoms with Gasteiger partial charge in [-0.1, -0.05) is 24.4 Å². The van der Waals surface area contributed by atoms with Gasteiger partial charge in [0, 0.05) is 13.1 Å². The third-order valence-corrected chi connectivity index (χ3v) is 4.73. The zero-order valence-electron chi connectivity index (χ0n) is 11.1. The van der Waals surface area contributed by atoms with Crippen LogP contribution in [0.25, 0.3) is 0 Å². The number of nitrogens with zero attached hydrogens (tertiary/aromatic N) is 2. The largest absolute Gasteiger partial charge is 0.379 e. The van der Waals surface area contributed by atoms with Gasteiger partial charge < -0.3 is 5.32 Å². The Morgan fingerprint density at radius 3 is 2.53 bits per heavy atom. The van der Waals surface area contributed by atoms with Gasteiger partial charge in [0.1, 0.15) is 5.69 Å². The Kier molecular flexibility index (Phi) is 3.78. The first-order valence-corrected chi connectivity index (χ1v) is 7.61. The smallest absolute Gasteiger partial charge is 0.291 e. The molecule has 3 rings (SSSR count). The van der Waals surface area contributed by atoms with Crippen LogP contribution in [0.5, 0.6) is 0 Å². The predicted octanol–water partition coefficient (Wildman–Crippen LogP) is 2.91. The van der Waals surface area contributed by atoms with Crippen molar-refractivity contribution in [3.63, 3.8) is 0 Å². The van der Waals surface area contributed by atoms with Gasteiger partial charge in [-0.05, 0) is 37.5 Å². The Bertz CT molecular complexity index is 506. The molecule has 5 heteroatoms. The Morgan fingerprint density at radius 2 is 1.95 bits per heavy atom. The van der Waals surface area contributed by atoms with E-state index in [0.29, 0.717) is 22.5 Å². The fourth-order valence-corrected chi connectivity index (χ4v) is 2.81. The van der Waals surface area contributed by atoms with Gasteiger partial charge in [0.25, 0.3) is 5.56 Å². The van der Waals surface area contributed by atoms with E-state index < -0.39 is 0 Å². The number of hydrogen-bond donors (Lipinski definition) is 1. The van der Waals surface area contributed by atoms with Crippen molar-refractivity contribution in [2.24, 2.45) is 11.8 Å². The lowest BCUT2D eigenvalue weighted by atomic mass is 9.85. The average Bonchev–Trinajstić information content (AvgIpc) is 2.28. The van der Waals surface area contributed by atoms with Crippen molar-refractivity contribution in [1.82, 2.24) is 9.78 Å². The Labute approximate surface area is 118 Å². The van der Waals surface area contributed by atoms with Crippen LogP contribution in [-0.4, -0.2) is 16.3 Å². The van der Waals surface area contributed by atoms with Crippen molar-refractivity contribution in [3.05, 3.63) is 21.6 Å². The number of rotatable bonds is 5. The van der Waals surface area contributed by atoms with Gasteiger partial charge in [0.05, 0.1) is 11.2 Å². The third kappa shape index (κ3) is 2.78. The van der Waals surface area contributed by atoms with E-state index in [1.807, 2.05) is 0 Å². The lowest BCUT2D eigenvalue weighted by Crippen LogP contribution is -2.32.